The van der Waals surface area contributed by atoms with Gasteiger partial charge in [-0.2, -0.15) is 0 Å². The topological polar surface area (TPSA) is 38.5 Å². The molecule has 1 saturated heterocycles. The molecule has 2 atom stereocenters. The van der Waals surface area contributed by atoms with E-state index in [9.17, 15) is 4.39 Å². The van der Waals surface area contributed by atoms with Crippen LogP contribution in [0.2, 0.25) is 0 Å². The highest BCUT2D eigenvalue weighted by Gasteiger charge is 2.26. The van der Waals surface area contributed by atoms with Gasteiger partial charge in [0, 0.05) is 31.3 Å². The van der Waals surface area contributed by atoms with Gasteiger partial charge in [0.2, 0.25) is 0 Å². The van der Waals surface area contributed by atoms with Gasteiger partial charge in [-0.05, 0) is 24.9 Å². The summed E-state index contributed by atoms with van der Waals surface area (Å²) in [5.74, 6) is 0.306. The first-order chi connectivity index (χ1) is 9.51. The van der Waals surface area contributed by atoms with Gasteiger partial charge in [-0.1, -0.05) is 31.3 Å². The Morgan fingerprint density at radius 2 is 2.30 bits per heavy atom. The molecule has 0 aromatic heterocycles. The van der Waals surface area contributed by atoms with Gasteiger partial charge < -0.3 is 10.5 Å². The summed E-state index contributed by atoms with van der Waals surface area (Å²) in [6.45, 7) is 4.60. The Kier molecular flexibility index (Phi) is 5.07. The molecule has 1 aliphatic rings. The Hall–Kier alpha value is -1.04. The van der Waals surface area contributed by atoms with Crippen molar-refractivity contribution in [3.8, 4) is 0 Å². The maximum Gasteiger partial charge on any atom is 0.128 e. The van der Waals surface area contributed by atoms with Crippen LogP contribution in [-0.4, -0.2) is 36.2 Å². The van der Waals surface area contributed by atoms with E-state index in [4.69, 9.17) is 22.7 Å². The molecule has 0 saturated carbocycles. The molecule has 1 aliphatic heterocycles. The highest BCUT2D eigenvalue weighted by Crippen LogP contribution is 2.22. The molecule has 2 rings (SSSR count). The predicted octanol–water partition coefficient (Wildman–Crippen LogP) is 2.32. The maximum atomic E-state index is 14.0. The maximum absolute atomic E-state index is 14.0. The Morgan fingerprint density at radius 3 is 2.90 bits per heavy atom. The summed E-state index contributed by atoms with van der Waals surface area (Å²) >= 11 is 4.85. The van der Waals surface area contributed by atoms with Gasteiger partial charge in [0.15, 0.2) is 0 Å². The fourth-order valence-corrected chi connectivity index (χ4v) is 2.74. The van der Waals surface area contributed by atoms with E-state index in [0.717, 1.165) is 19.5 Å². The lowest BCUT2D eigenvalue weighted by Crippen LogP contribution is -2.43. The molecular formula is C15H21FN2OS. The Labute approximate surface area is 124 Å². The molecule has 0 amide bonds. The predicted molar refractivity (Wildman–Crippen MR) is 82.1 cm³/mol. The lowest BCUT2D eigenvalue weighted by atomic mass is 9.95. The number of rotatable bonds is 4. The highest BCUT2D eigenvalue weighted by atomic mass is 32.1. The number of ether oxygens (including phenoxy) is 1. The average Bonchev–Trinajstić information content (AvgIpc) is 2.42. The number of piperidine rings is 1. The van der Waals surface area contributed by atoms with Crippen molar-refractivity contribution in [3.63, 3.8) is 0 Å². The van der Waals surface area contributed by atoms with Crippen LogP contribution in [0.15, 0.2) is 18.2 Å². The Bertz CT molecular complexity index is 495. The standard InChI is InChI=1S/C15H21FN2OS/c1-10-5-6-18(9-14(10)19-2)8-12-4-3-11(15(17)20)7-13(12)16/h3-4,7,10,14H,5-6,8-9H2,1-2H3,(H2,17,20). The van der Waals surface area contributed by atoms with E-state index in [0.29, 0.717) is 23.6 Å². The summed E-state index contributed by atoms with van der Waals surface area (Å²) in [4.78, 5) is 2.45. The molecule has 1 aromatic carbocycles. The lowest BCUT2D eigenvalue weighted by Gasteiger charge is -2.36. The minimum atomic E-state index is -0.247. The zero-order valence-corrected chi connectivity index (χ0v) is 12.8. The molecule has 0 aliphatic carbocycles. The third-order valence-electron chi connectivity index (χ3n) is 4.01. The number of hydrogen-bond donors (Lipinski definition) is 1. The number of nitrogens with zero attached hydrogens (tertiary/aromatic N) is 1. The van der Waals surface area contributed by atoms with Crippen molar-refractivity contribution in [1.29, 1.82) is 0 Å². The highest BCUT2D eigenvalue weighted by molar-refractivity contribution is 7.80. The van der Waals surface area contributed by atoms with E-state index < -0.39 is 0 Å². The molecule has 1 fully saturated rings. The van der Waals surface area contributed by atoms with E-state index in [-0.39, 0.29) is 16.9 Å². The first kappa shape index (κ1) is 15.4. The molecule has 1 aromatic rings. The number of methoxy groups -OCH3 is 1. The van der Waals surface area contributed by atoms with Crippen LogP contribution >= 0.6 is 12.2 Å². The van der Waals surface area contributed by atoms with Crippen LogP contribution in [0.3, 0.4) is 0 Å². The Morgan fingerprint density at radius 1 is 1.55 bits per heavy atom. The van der Waals surface area contributed by atoms with Crippen molar-refractivity contribution >= 4 is 17.2 Å². The van der Waals surface area contributed by atoms with E-state index in [1.807, 2.05) is 0 Å². The van der Waals surface area contributed by atoms with Crippen molar-refractivity contribution in [2.75, 3.05) is 20.2 Å². The summed E-state index contributed by atoms with van der Waals surface area (Å²) in [6.07, 6.45) is 1.30. The second-order valence-corrected chi connectivity index (χ2v) is 5.89. The number of benzene rings is 1. The summed E-state index contributed by atoms with van der Waals surface area (Å²) < 4.78 is 19.5. The van der Waals surface area contributed by atoms with Crippen molar-refractivity contribution in [2.24, 2.45) is 11.7 Å². The minimum Gasteiger partial charge on any atom is -0.389 e. The van der Waals surface area contributed by atoms with Gasteiger partial charge >= 0.3 is 0 Å². The van der Waals surface area contributed by atoms with Crippen LogP contribution in [0.1, 0.15) is 24.5 Å². The molecule has 20 heavy (non-hydrogen) atoms. The molecule has 0 spiro atoms. The van der Waals surface area contributed by atoms with Crippen LogP contribution in [0.25, 0.3) is 0 Å². The average molecular weight is 296 g/mol. The summed E-state index contributed by atoms with van der Waals surface area (Å²) in [5, 5.41) is 0. The smallest absolute Gasteiger partial charge is 0.128 e. The largest absolute Gasteiger partial charge is 0.389 e. The number of nitrogens with two attached hydrogens (primary N) is 1. The number of likely N-dealkylation sites (tertiary alicyclic amines) is 1. The van der Waals surface area contributed by atoms with E-state index in [1.54, 1.807) is 19.2 Å². The summed E-state index contributed by atoms with van der Waals surface area (Å²) in [6, 6.07) is 4.96. The molecule has 2 unspecified atom stereocenters. The monoisotopic (exact) mass is 296 g/mol. The zero-order valence-electron chi connectivity index (χ0n) is 11.9. The van der Waals surface area contributed by atoms with Crippen LogP contribution in [0, 0.1) is 11.7 Å². The third kappa shape index (κ3) is 3.53. The minimum absolute atomic E-state index is 0.224. The first-order valence-electron chi connectivity index (χ1n) is 6.84. The van der Waals surface area contributed by atoms with Crippen molar-refractivity contribution < 1.29 is 9.13 Å². The van der Waals surface area contributed by atoms with Crippen LogP contribution in [0.5, 0.6) is 0 Å². The first-order valence-corrected chi connectivity index (χ1v) is 7.25. The number of halogens is 1. The molecular weight excluding hydrogens is 275 g/mol. The second-order valence-electron chi connectivity index (χ2n) is 5.45. The van der Waals surface area contributed by atoms with E-state index in [1.165, 1.54) is 6.07 Å². The Balaban J connectivity index is 2.05. The van der Waals surface area contributed by atoms with Gasteiger partial charge in [-0.3, -0.25) is 4.90 Å². The van der Waals surface area contributed by atoms with E-state index >= 15 is 0 Å². The van der Waals surface area contributed by atoms with Crippen molar-refractivity contribution in [3.05, 3.63) is 35.1 Å². The fraction of sp³-hybridized carbons (Fsp3) is 0.533. The molecule has 1 heterocycles. The normalized spacial score (nSPS) is 23.8. The summed E-state index contributed by atoms with van der Waals surface area (Å²) in [7, 11) is 1.74. The zero-order chi connectivity index (χ0) is 14.7. The van der Waals surface area contributed by atoms with Gasteiger partial charge in [0.1, 0.15) is 10.8 Å². The molecule has 5 heteroatoms. The molecule has 2 N–H and O–H groups in total. The second kappa shape index (κ2) is 6.61. The molecule has 110 valence electrons. The van der Waals surface area contributed by atoms with Gasteiger partial charge in [0.25, 0.3) is 0 Å². The fourth-order valence-electron chi connectivity index (χ4n) is 2.62. The molecule has 0 bridgehead atoms. The van der Waals surface area contributed by atoms with Crippen LogP contribution < -0.4 is 5.73 Å². The van der Waals surface area contributed by atoms with Gasteiger partial charge in [-0.25, -0.2) is 4.39 Å². The molecule has 3 nitrogen and oxygen atoms in total. The molecule has 0 radical (unpaired) electrons. The quantitative estimate of drug-likeness (QED) is 0.866. The SMILES string of the molecule is COC1CN(Cc2ccc(C(N)=S)cc2F)CCC1C. The van der Waals surface area contributed by atoms with Crippen molar-refractivity contribution in [1.82, 2.24) is 4.90 Å². The van der Waals surface area contributed by atoms with Gasteiger partial charge in [-0.15, -0.1) is 0 Å². The number of hydrogen-bond acceptors (Lipinski definition) is 3. The number of thiocarbonyl (C=S) groups is 1. The lowest BCUT2D eigenvalue weighted by molar-refractivity contribution is -0.00772. The third-order valence-corrected chi connectivity index (χ3v) is 4.24. The van der Waals surface area contributed by atoms with Crippen molar-refractivity contribution in [2.45, 2.75) is 26.0 Å². The van der Waals surface area contributed by atoms with E-state index in [2.05, 4.69) is 11.8 Å². The summed E-state index contributed by atoms with van der Waals surface area (Å²) in [5.41, 5.74) is 6.75. The van der Waals surface area contributed by atoms with Crippen LogP contribution in [-0.2, 0) is 11.3 Å². The van der Waals surface area contributed by atoms with Gasteiger partial charge in [0.05, 0.1) is 6.10 Å². The van der Waals surface area contributed by atoms with Crippen LogP contribution in [0.4, 0.5) is 4.39 Å².